The van der Waals surface area contributed by atoms with Crippen molar-refractivity contribution in [3.05, 3.63) is 15.8 Å². The molecule has 0 saturated carbocycles. The third-order valence-electron chi connectivity index (χ3n) is 2.74. The first-order valence-electron chi connectivity index (χ1n) is 6.02. The molecule has 20 heavy (non-hydrogen) atoms. The second-order valence-corrected chi connectivity index (χ2v) is 4.52. The lowest BCUT2D eigenvalue weighted by Crippen LogP contribution is -2.31. The molecule has 112 valence electrons. The van der Waals surface area contributed by atoms with Crippen LogP contribution in [-0.2, 0) is 9.53 Å². The fourth-order valence-corrected chi connectivity index (χ4v) is 1.76. The summed E-state index contributed by atoms with van der Waals surface area (Å²) in [5.74, 6) is -0.958. The molecule has 0 aliphatic heterocycles. The summed E-state index contributed by atoms with van der Waals surface area (Å²) in [7, 11) is 1.26. The number of carboxylic acid groups (broad SMARTS) is 1. The van der Waals surface area contributed by atoms with Gasteiger partial charge in [-0.15, -0.1) is 0 Å². The van der Waals surface area contributed by atoms with Crippen LogP contribution < -0.4 is 5.32 Å². The van der Waals surface area contributed by atoms with E-state index in [-0.39, 0.29) is 29.8 Å². The summed E-state index contributed by atoms with van der Waals surface area (Å²) in [6, 6.07) is -0.101. The summed E-state index contributed by atoms with van der Waals surface area (Å²) in [4.78, 5) is 21.4. The molecule has 0 radical (unpaired) electrons. The van der Waals surface area contributed by atoms with Gasteiger partial charge in [0.15, 0.2) is 6.10 Å². The lowest BCUT2D eigenvalue weighted by molar-refractivity contribution is -0.384. The minimum Gasteiger partial charge on any atom is -0.479 e. The Bertz CT molecular complexity index is 511. The molecule has 0 bridgehead atoms. The van der Waals surface area contributed by atoms with E-state index in [1.807, 2.05) is 13.8 Å². The van der Waals surface area contributed by atoms with E-state index in [9.17, 15) is 14.9 Å². The van der Waals surface area contributed by atoms with E-state index in [0.29, 0.717) is 0 Å². The molecular weight excluding hydrogens is 268 g/mol. The van der Waals surface area contributed by atoms with Crippen LogP contribution in [0, 0.1) is 17.0 Å². The van der Waals surface area contributed by atoms with Gasteiger partial charge in [-0.05, 0) is 20.8 Å². The van der Waals surface area contributed by atoms with Crippen LogP contribution in [0.1, 0.15) is 25.6 Å². The molecule has 0 aliphatic carbocycles. The van der Waals surface area contributed by atoms with E-state index in [2.05, 4.69) is 10.4 Å². The maximum Gasteiger partial charge on any atom is 0.334 e. The van der Waals surface area contributed by atoms with Crippen molar-refractivity contribution in [1.82, 2.24) is 9.78 Å². The number of nitrogens with one attached hydrogen (secondary N) is 1. The second kappa shape index (κ2) is 6.33. The highest BCUT2D eigenvalue weighted by atomic mass is 16.6. The number of nitrogens with zero attached hydrogens (tertiary/aromatic N) is 3. The van der Waals surface area contributed by atoms with Crippen LogP contribution >= 0.6 is 0 Å². The Morgan fingerprint density at radius 3 is 2.60 bits per heavy atom. The van der Waals surface area contributed by atoms with Gasteiger partial charge in [-0.2, -0.15) is 5.10 Å². The van der Waals surface area contributed by atoms with Gasteiger partial charge in [-0.1, -0.05) is 0 Å². The highest BCUT2D eigenvalue weighted by Gasteiger charge is 2.27. The average Bonchev–Trinajstić information content (AvgIpc) is 2.66. The molecule has 0 aliphatic rings. The van der Waals surface area contributed by atoms with Crippen molar-refractivity contribution in [2.75, 3.05) is 19.0 Å². The lowest BCUT2D eigenvalue weighted by Gasteiger charge is -2.15. The minimum atomic E-state index is -1.14. The van der Waals surface area contributed by atoms with Gasteiger partial charge in [-0.3, -0.25) is 10.1 Å². The summed E-state index contributed by atoms with van der Waals surface area (Å²) >= 11 is 0. The molecule has 1 unspecified atom stereocenters. The zero-order chi connectivity index (χ0) is 15.4. The third-order valence-corrected chi connectivity index (χ3v) is 2.74. The van der Waals surface area contributed by atoms with Crippen molar-refractivity contribution in [3.63, 3.8) is 0 Å². The van der Waals surface area contributed by atoms with Crippen LogP contribution in [0.5, 0.6) is 0 Å². The van der Waals surface area contributed by atoms with Crippen LogP contribution in [0.2, 0.25) is 0 Å². The van der Waals surface area contributed by atoms with Gasteiger partial charge < -0.3 is 15.2 Å². The van der Waals surface area contributed by atoms with Crippen molar-refractivity contribution in [2.24, 2.45) is 0 Å². The number of carboxylic acids is 1. The molecular formula is C11H18N4O5. The molecule has 1 aromatic rings. The second-order valence-electron chi connectivity index (χ2n) is 4.52. The monoisotopic (exact) mass is 286 g/mol. The van der Waals surface area contributed by atoms with Gasteiger partial charge in [0.1, 0.15) is 5.69 Å². The van der Waals surface area contributed by atoms with E-state index in [1.54, 1.807) is 0 Å². The first-order chi connectivity index (χ1) is 9.29. The first-order valence-corrected chi connectivity index (χ1v) is 6.02. The summed E-state index contributed by atoms with van der Waals surface area (Å²) < 4.78 is 6.24. The molecule has 1 heterocycles. The topological polar surface area (TPSA) is 120 Å². The summed E-state index contributed by atoms with van der Waals surface area (Å²) in [5, 5.41) is 26.8. The molecule has 0 amide bonds. The van der Waals surface area contributed by atoms with Crippen LogP contribution in [0.15, 0.2) is 0 Å². The summed E-state index contributed by atoms with van der Waals surface area (Å²) in [5.41, 5.74) is 0.120. The predicted molar refractivity (Wildman–Crippen MR) is 70.9 cm³/mol. The van der Waals surface area contributed by atoms with E-state index < -0.39 is 17.0 Å². The predicted octanol–water partition coefficient (Wildman–Crippen LogP) is 1.19. The fraction of sp³-hybridized carbons (Fsp3) is 0.636. The van der Waals surface area contributed by atoms with Gasteiger partial charge in [0.2, 0.25) is 5.82 Å². The van der Waals surface area contributed by atoms with Gasteiger partial charge in [0.25, 0.3) is 0 Å². The number of ether oxygens (including phenoxy) is 1. The summed E-state index contributed by atoms with van der Waals surface area (Å²) in [6.07, 6.45) is -1.09. The molecule has 0 saturated heterocycles. The highest BCUT2D eigenvalue weighted by molar-refractivity contribution is 5.73. The smallest absolute Gasteiger partial charge is 0.334 e. The van der Waals surface area contributed by atoms with Gasteiger partial charge in [-0.25, -0.2) is 9.48 Å². The maximum absolute atomic E-state index is 11.1. The lowest BCUT2D eigenvalue weighted by atomic mass is 10.3. The number of aliphatic carboxylic acids is 1. The SMILES string of the molecule is COC(CNc1c([N+](=O)[O-])c(C)nn1C(C)C)C(=O)O. The molecule has 9 nitrogen and oxygen atoms in total. The quantitative estimate of drug-likeness (QED) is 0.570. The molecule has 1 atom stereocenters. The van der Waals surface area contributed by atoms with E-state index in [4.69, 9.17) is 9.84 Å². The molecule has 0 aromatic carbocycles. The van der Waals surface area contributed by atoms with E-state index in [0.717, 1.165) is 0 Å². The molecule has 0 fully saturated rings. The first kappa shape index (κ1) is 15.9. The number of anilines is 1. The zero-order valence-corrected chi connectivity index (χ0v) is 11.8. The molecule has 1 rings (SSSR count). The number of nitro groups is 1. The maximum atomic E-state index is 11.1. The Labute approximate surface area is 115 Å². The number of hydrogen-bond donors (Lipinski definition) is 2. The molecule has 0 spiro atoms. The van der Waals surface area contributed by atoms with Crippen LogP contribution in [0.3, 0.4) is 0 Å². The fourth-order valence-electron chi connectivity index (χ4n) is 1.76. The Balaban J connectivity index is 3.08. The average molecular weight is 286 g/mol. The number of aromatic nitrogens is 2. The van der Waals surface area contributed by atoms with Crippen LogP contribution in [0.25, 0.3) is 0 Å². The van der Waals surface area contributed by atoms with Crippen LogP contribution in [-0.4, -0.2) is 45.5 Å². The van der Waals surface area contributed by atoms with Gasteiger partial charge in [0, 0.05) is 13.2 Å². The molecule has 9 heteroatoms. The number of carbonyl (C=O) groups is 1. The van der Waals surface area contributed by atoms with Gasteiger partial charge >= 0.3 is 11.7 Å². The highest BCUT2D eigenvalue weighted by Crippen LogP contribution is 2.30. The summed E-state index contributed by atoms with van der Waals surface area (Å²) in [6.45, 7) is 5.09. The molecule has 2 N–H and O–H groups in total. The Kier molecular flexibility index (Phi) is 5.03. The van der Waals surface area contributed by atoms with Crippen molar-refractivity contribution in [2.45, 2.75) is 32.9 Å². The Hall–Kier alpha value is -2.16. The Morgan fingerprint density at radius 1 is 1.60 bits per heavy atom. The minimum absolute atomic E-state index is 0.0927. The standard InChI is InChI=1S/C11H18N4O5/c1-6(2)14-10(9(15(18)19)7(3)13-14)12-5-8(20-4)11(16)17/h6,8,12H,5H2,1-4H3,(H,16,17). The van der Waals surface area contributed by atoms with Crippen LogP contribution in [0.4, 0.5) is 11.5 Å². The number of methoxy groups -OCH3 is 1. The van der Waals surface area contributed by atoms with Crippen molar-refractivity contribution < 1.29 is 19.6 Å². The van der Waals surface area contributed by atoms with Crippen molar-refractivity contribution in [1.29, 1.82) is 0 Å². The van der Waals surface area contributed by atoms with Crippen molar-refractivity contribution >= 4 is 17.5 Å². The normalized spacial score (nSPS) is 12.4. The molecule has 1 aromatic heterocycles. The number of hydrogen-bond acceptors (Lipinski definition) is 6. The third kappa shape index (κ3) is 3.23. The number of aryl methyl sites for hydroxylation is 1. The number of rotatable bonds is 7. The zero-order valence-electron chi connectivity index (χ0n) is 11.8. The van der Waals surface area contributed by atoms with E-state index in [1.165, 1.54) is 18.7 Å². The van der Waals surface area contributed by atoms with Crippen molar-refractivity contribution in [3.8, 4) is 0 Å². The van der Waals surface area contributed by atoms with Gasteiger partial charge in [0.05, 0.1) is 11.5 Å². The Morgan fingerprint density at radius 2 is 2.20 bits per heavy atom. The largest absolute Gasteiger partial charge is 0.479 e. The van der Waals surface area contributed by atoms with E-state index >= 15 is 0 Å².